The largest absolute Gasteiger partial charge is 0.350 e. The standard InChI is InChI=1S/C21H27N3O2/c1-20(2,3)15-9-11-16(12-10-15)24-19(26)21(4,5)18(25)23-14-17-8-6-7-13-22-17/h6-13H,14H2,1-5H3,(H,23,25)(H,24,26). The third-order valence-corrected chi connectivity index (χ3v) is 4.30. The molecular formula is C21H27N3O2. The van der Waals surface area contributed by atoms with Crippen LogP contribution in [0.3, 0.4) is 0 Å². The maximum Gasteiger partial charge on any atom is 0.239 e. The highest BCUT2D eigenvalue weighted by molar-refractivity contribution is 6.09. The van der Waals surface area contributed by atoms with E-state index in [9.17, 15) is 9.59 Å². The number of rotatable bonds is 5. The lowest BCUT2D eigenvalue weighted by Gasteiger charge is -2.23. The van der Waals surface area contributed by atoms with Gasteiger partial charge in [0.25, 0.3) is 0 Å². The second-order valence-corrected chi connectivity index (χ2v) is 7.91. The van der Waals surface area contributed by atoms with E-state index in [1.807, 2.05) is 42.5 Å². The summed E-state index contributed by atoms with van der Waals surface area (Å²) in [6.45, 7) is 9.91. The van der Waals surface area contributed by atoms with E-state index in [4.69, 9.17) is 0 Å². The molecule has 0 fully saturated rings. The Morgan fingerprint density at radius 1 is 0.923 bits per heavy atom. The number of carbonyl (C=O) groups is 2. The molecule has 2 amide bonds. The Morgan fingerprint density at radius 2 is 1.58 bits per heavy atom. The molecule has 0 bridgehead atoms. The van der Waals surface area contributed by atoms with Gasteiger partial charge in [-0.3, -0.25) is 14.6 Å². The summed E-state index contributed by atoms with van der Waals surface area (Å²) in [4.78, 5) is 29.2. The topological polar surface area (TPSA) is 71.1 Å². The van der Waals surface area contributed by atoms with Gasteiger partial charge in [0, 0.05) is 11.9 Å². The first kappa shape index (κ1) is 19.6. The fourth-order valence-electron chi connectivity index (χ4n) is 2.34. The summed E-state index contributed by atoms with van der Waals surface area (Å²) >= 11 is 0. The van der Waals surface area contributed by atoms with Gasteiger partial charge < -0.3 is 10.6 Å². The van der Waals surface area contributed by atoms with Crippen LogP contribution in [0.15, 0.2) is 48.7 Å². The summed E-state index contributed by atoms with van der Waals surface area (Å²) in [5.74, 6) is -0.688. The number of aromatic nitrogens is 1. The zero-order chi connectivity index (χ0) is 19.4. The van der Waals surface area contributed by atoms with Crippen LogP contribution in [-0.4, -0.2) is 16.8 Å². The number of nitrogens with zero attached hydrogens (tertiary/aromatic N) is 1. The number of anilines is 1. The molecule has 138 valence electrons. The van der Waals surface area contributed by atoms with E-state index in [1.54, 1.807) is 20.0 Å². The lowest BCUT2D eigenvalue weighted by atomic mass is 9.87. The molecule has 0 saturated heterocycles. The van der Waals surface area contributed by atoms with Gasteiger partial charge in [-0.25, -0.2) is 0 Å². The monoisotopic (exact) mass is 353 g/mol. The van der Waals surface area contributed by atoms with Crippen molar-refractivity contribution < 1.29 is 9.59 Å². The minimum Gasteiger partial charge on any atom is -0.350 e. The van der Waals surface area contributed by atoms with Gasteiger partial charge in [-0.1, -0.05) is 39.0 Å². The van der Waals surface area contributed by atoms with E-state index in [1.165, 1.54) is 5.56 Å². The van der Waals surface area contributed by atoms with Gasteiger partial charge in [0.2, 0.25) is 11.8 Å². The van der Waals surface area contributed by atoms with Crippen LogP contribution in [0.2, 0.25) is 0 Å². The molecule has 0 saturated carbocycles. The third-order valence-electron chi connectivity index (χ3n) is 4.30. The Balaban J connectivity index is 1.99. The Hall–Kier alpha value is -2.69. The maximum absolute atomic E-state index is 12.6. The van der Waals surface area contributed by atoms with Crippen molar-refractivity contribution in [1.82, 2.24) is 10.3 Å². The van der Waals surface area contributed by atoms with Gasteiger partial charge in [-0.05, 0) is 49.1 Å². The zero-order valence-corrected chi connectivity index (χ0v) is 16.1. The summed E-state index contributed by atoms with van der Waals surface area (Å²) in [6.07, 6.45) is 1.67. The number of benzene rings is 1. The van der Waals surface area contributed by atoms with Crippen LogP contribution in [0.4, 0.5) is 5.69 Å². The van der Waals surface area contributed by atoms with Crippen LogP contribution in [0.1, 0.15) is 45.9 Å². The molecule has 5 heteroatoms. The number of nitrogens with one attached hydrogen (secondary N) is 2. The molecule has 5 nitrogen and oxygen atoms in total. The minimum atomic E-state index is -1.20. The first-order chi connectivity index (χ1) is 12.1. The molecule has 0 unspecified atom stereocenters. The maximum atomic E-state index is 12.6. The molecule has 0 spiro atoms. The highest BCUT2D eigenvalue weighted by atomic mass is 16.2. The van der Waals surface area contributed by atoms with Crippen molar-refractivity contribution in [3.05, 3.63) is 59.9 Å². The number of hydrogen-bond donors (Lipinski definition) is 2. The van der Waals surface area contributed by atoms with Gasteiger partial charge in [-0.15, -0.1) is 0 Å². The summed E-state index contributed by atoms with van der Waals surface area (Å²) < 4.78 is 0. The van der Waals surface area contributed by atoms with Gasteiger partial charge in [0.15, 0.2) is 0 Å². The average Bonchev–Trinajstić information content (AvgIpc) is 2.60. The summed E-state index contributed by atoms with van der Waals surface area (Å²) in [5.41, 5.74) is 1.45. The van der Waals surface area contributed by atoms with Crippen LogP contribution >= 0.6 is 0 Å². The van der Waals surface area contributed by atoms with Crippen LogP contribution < -0.4 is 10.6 Å². The fraction of sp³-hybridized carbons (Fsp3) is 0.381. The highest BCUT2D eigenvalue weighted by Gasteiger charge is 2.36. The van der Waals surface area contributed by atoms with Crippen molar-refractivity contribution in [3.8, 4) is 0 Å². The quantitative estimate of drug-likeness (QED) is 0.806. The molecule has 2 rings (SSSR count). The minimum absolute atomic E-state index is 0.0488. The molecule has 0 aliphatic heterocycles. The first-order valence-corrected chi connectivity index (χ1v) is 8.71. The summed E-state index contributed by atoms with van der Waals surface area (Å²) in [6, 6.07) is 13.2. The van der Waals surface area contributed by atoms with E-state index >= 15 is 0 Å². The Bertz CT molecular complexity index is 760. The molecule has 2 aromatic rings. The lowest BCUT2D eigenvalue weighted by Crippen LogP contribution is -2.45. The van der Waals surface area contributed by atoms with E-state index in [0.717, 1.165) is 5.69 Å². The normalized spacial score (nSPS) is 11.7. The van der Waals surface area contributed by atoms with Crippen molar-refractivity contribution in [2.24, 2.45) is 5.41 Å². The zero-order valence-electron chi connectivity index (χ0n) is 16.1. The highest BCUT2D eigenvalue weighted by Crippen LogP contribution is 2.25. The number of amides is 2. The van der Waals surface area contributed by atoms with E-state index in [0.29, 0.717) is 5.69 Å². The predicted octanol–water partition coefficient (Wildman–Crippen LogP) is 3.66. The molecule has 26 heavy (non-hydrogen) atoms. The third kappa shape index (κ3) is 4.91. The van der Waals surface area contributed by atoms with Crippen LogP contribution in [0, 0.1) is 5.41 Å². The summed E-state index contributed by atoms with van der Waals surface area (Å²) in [7, 11) is 0. The second kappa shape index (κ2) is 7.68. The second-order valence-electron chi connectivity index (χ2n) is 7.91. The lowest BCUT2D eigenvalue weighted by molar-refractivity contribution is -0.138. The van der Waals surface area contributed by atoms with Crippen molar-refractivity contribution in [2.45, 2.75) is 46.6 Å². The molecule has 1 aromatic carbocycles. The molecule has 1 heterocycles. The Morgan fingerprint density at radius 3 is 2.12 bits per heavy atom. The Labute approximate surface area is 155 Å². The van der Waals surface area contributed by atoms with Crippen molar-refractivity contribution >= 4 is 17.5 Å². The van der Waals surface area contributed by atoms with Gasteiger partial charge in [0.05, 0.1) is 12.2 Å². The summed E-state index contributed by atoms with van der Waals surface area (Å²) in [5, 5.41) is 5.60. The Kier molecular flexibility index (Phi) is 5.80. The average molecular weight is 353 g/mol. The molecule has 0 aliphatic carbocycles. The molecule has 0 radical (unpaired) electrons. The van der Waals surface area contributed by atoms with Gasteiger partial charge >= 0.3 is 0 Å². The van der Waals surface area contributed by atoms with Crippen LogP contribution in [0.25, 0.3) is 0 Å². The molecular weight excluding hydrogens is 326 g/mol. The van der Waals surface area contributed by atoms with Crippen LogP contribution in [-0.2, 0) is 21.5 Å². The fourth-order valence-corrected chi connectivity index (χ4v) is 2.34. The molecule has 2 N–H and O–H groups in total. The molecule has 0 atom stereocenters. The van der Waals surface area contributed by atoms with Crippen LogP contribution in [0.5, 0.6) is 0 Å². The van der Waals surface area contributed by atoms with Gasteiger partial charge in [0.1, 0.15) is 5.41 Å². The van der Waals surface area contributed by atoms with Crippen molar-refractivity contribution in [2.75, 3.05) is 5.32 Å². The van der Waals surface area contributed by atoms with Crippen molar-refractivity contribution in [3.63, 3.8) is 0 Å². The smallest absolute Gasteiger partial charge is 0.239 e. The van der Waals surface area contributed by atoms with E-state index in [2.05, 4.69) is 36.4 Å². The molecule has 1 aromatic heterocycles. The molecule has 0 aliphatic rings. The van der Waals surface area contributed by atoms with E-state index < -0.39 is 5.41 Å². The van der Waals surface area contributed by atoms with Crippen molar-refractivity contribution in [1.29, 1.82) is 0 Å². The SMILES string of the molecule is CC(C)(C(=O)NCc1ccccn1)C(=O)Nc1ccc(C(C)(C)C)cc1. The van der Waals surface area contributed by atoms with Gasteiger partial charge in [-0.2, -0.15) is 0 Å². The van der Waals surface area contributed by atoms with E-state index in [-0.39, 0.29) is 23.8 Å². The number of pyridine rings is 1. The number of hydrogen-bond acceptors (Lipinski definition) is 3. The first-order valence-electron chi connectivity index (χ1n) is 8.71. The number of carbonyl (C=O) groups excluding carboxylic acids is 2. The predicted molar refractivity (Wildman–Crippen MR) is 104 cm³/mol.